The lowest BCUT2D eigenvalue weighted by atomic mass is 9.73. The van der Waals surface area contributed by atoms with Crippen molar-refractivity contribution in [1.82, 2.24) is 4.98 Å². The van der Waals surface area contributed by atoms with Gasteiger partial charge in [-0.2, -0.15) is 0 Å². The van der Waals surface area contributed by atoms with Gasteiger partial charge in [-0.25, -0.2) is 4.99 Å². The number of halogens is 1. The predicted octanol–water partition coefficient (Wildman–Crippen LogP) is 2.14. The number of benzene rings is 1. The van der Waals surface area contributed by atoms with Gasteiger partial charge in [-0.15, -0.1) is 0 Å². The fourth-order valence-electron chi connectivity index (χ4n) is 4.88. The zero-order chi connectivity index (χ0) is 23.1. The number of aliphatic imine (C=N–C) groups is 2. The Kier molecular flexibility index (Phi) is 6.23. The van der Waals surface area contributed by atoms with Gasteiger partial charge in [-0.3, -0.25) is 9.98 Å². The predicted molar refractivity (Wildman–Crippen MR) is 135 cm³/mol. The van der Waals surface area contributed by atoms with Crippen LogP contribution < -0.4 is 5.73 Å². The molecule has 1 fully saturated rings. The Labute approximate surface area is 196 Å². The van der Waals surface area contributed by atoms with Gasteiger partial charge in [-0.1, -0.05) is 23.7 Å². The summed E-state index contributed by atoms with van der Waals surface area (Å²) in [5, 5.41) is 10.6. The SMILES string of the molecule is BC(B)(O)OC1CCC(C2(c3cc(-c4cncc(Cl)c4)ccc3C)N=C(C)C(N)=N2)CC1. The number of aryl methyl sites for hydroxylation is 1. The molecule has 0 spiro atoms. The summed E-state index contributed by atoms with van der Waals surface area (Å²) in [6.07, 6.45) is 6.93. The molecule has 1 atom stereocenters. The number of hydrogen-bond donors (Lipinski definition) is 2. The molecule has 0 saturated heterocycles. The van der Waals surface area contributed by atoms with Gasteiger partial charge in [0.15, 0.2) is 21.4 Å². The molecule has 1 unspecified atom stereocenters. The third-order valence-corrected chi connectivity index (χ3v) is 6.58. The minimum absolute atomic E-state index is 0.0288. The number of amidine groups is 1. The van der Waals surface area contributed by atoms with E-state index in [1.807, 2.05) is 19.2 Å². The monoisotopic (exact) mass is 450 g/mol. The third kappa shape index (κ3) is 4.63. The Morgan fingerprint density at radius 3 is 2.41 bits per heavy atom. The Balaban J connectivity index is 1.72. The maximum atomic E-state index is 10.0. The second kappa shape index (κ2) is 8.65. The molecule has 0 radical (unpaired) electrons. The zero-order valence-corrected chi connectivity index (χ0v) is 19.9. The quantitative estimate of drug-likeness (QED) is 0.539. The Morgan fingerprint density at radius 2 is 1.81 bits per heavy atom. The van der Waals surface area contributed by atoms with E-state index in [0.29, 0.717) is 10.9 Å². The van der Waals surface area contributed by atoms with E-state index in [9.17, 15) is 5.11 Å². The number of pyridine rings is 1. The van der Waals surface area contributed by atoms with Crippen molar-refractivity contribution in [3.05, 3.63) is 52.8 Å². The van der Waals surface area contributed by atoms with Crippen molar-refractivity contribution in [2.24, 2.45) is 21.6 Å². The lowest BCUT2D eigenvalue weighted by molar-refractivity contribution is -0.129. The molecule has 32 heavy (non-hydrogen) atoms. The van der Waals surface area contributed by atoms with Gasteiger partial charge in [0.05, 0.1) is 22.4 Å². The topological polar surface area (TPSA) is 93.1 Å². The Bertz CT molecular complexity index is 1060. The van der Waals surface area contributed by atoms with Crippen molar-refractivity contribution in [2.45, 2.75) is 56.9 Å². The summed E-state index contributed by atoms with van der Waals surface area (Å²) in [6.45, 7) is 4.01. The van der Waals surface area contributed by atoms with Gasteiger partial charge in [0.25, 0.3) is 0 Å². The van der Waals surface area contributed by atoms with Gasteiger partial charge in [-0.05, 0) is 62.8 Å². The van der Waals surface area contributed by atoms with Crippen molar-refractivity contribution in [3.8, 4) is 11.1 Å². The third-order valence-electron chi connectivity index (χ3n) is 6.37. The Hall–Kier alpha value is -2.15. The van der Waals surface area contributed by atoms with E-state index in [1.54, 1.807) is 21.9 Å². The average molecular weight is 451 g/mol. The van der Waals surface area contributed by atoms with Gasteiger partial charge >= 0.3 is 0 Å². The highest BCUT2D eigenvalue weighted by atomic mass is 35.5. The van der Waals surface area contributed by atoms with Crippen molar-refractivity contribution >= 4 is 38.8 Å². The molecule has 2 aromatic rings. The molecule has 2 aliphatic rings. The van der Waals surface area contributed by atoms with E-state index in [2.05, 4.69) is 30.1 Å². The molecule has 166 valence electrons. The molecule has 9 heteroatoms. The fraction of sp³-hybridized carbons (Fsp3) is 0.435. The molecule has 1 aromatic heterocycles. The molecule has 2 heterocycles. The molecule has 1 aliphatic carbocycles. The second-order valence-corrected chi connectivity index (χ2v) is 9.82. The summed E-state index contributed by atoms with van der Waals surface area (Å²) < 4.78 is 5.82. The molecular formula is C23H29B2ClN4O2. The van der Waals surface area contributed by atoms with Crippen LogP contribution in [0.2, 0.25) is 5.02 Å². The number of ether oxygens (including phenoxy) is 1. The first kappa shape index (κ1) is 23.0. The van der Waals surface area contributed by atoms with E-state index in [1.165, 1.54) is 0 Å². The molecule has 1 aliphatic heterocycles. The van der Waals surface area contributed by atoms with E-state index in [4.69, 9.17) is 32.1 Å². The van der Waals surface area contributed by atoms with Crippen molar-refractivity contribution in [1.29, 1.82) is 0 Å². The zero-order valence-electron chi connectivity index (χ0n) is 19.1. The van der Waals surface area contributed by atoms with E-state index in [0.717, 1.165) is 53.6 Å². The number of aliphatic hydroxyl groups is 1. The number of nitrogens with zero attached hydrogens (tertiary/aromatic N) is 3. The van der Waals surface area contributed by atoms with E-state index < -0.39 is 11.2 Å². The van der Waals surface area contributed by atoms with Crippen LogP contribution in [-0.2, 0) is 10.4 Å². The first-order chi connectivity index (χ1) is 15.1. The summed E-state index contributed by atoms with van der Waals surface area (Å²) in [5.41, 5.74) is 9.30. The Morgan fingerprint density at radius 1 is 1.09 bits per heavy atom. The highest BCUT2D eigenvalue weighted by Gasteiger charge is 2.46. The van der Waals surface area contributed by atoms with Gasteiger partial charge < -0.3 is 15.6 Å². The summed E-state index contributed by atoms with van der Waals surface area (Å²) >= 11 is 6.19. The standard InChI is InChI=1S/C23H29B2ClN4O2/c1-13-3-4-15(16-9-18(26)12-28-11-16)10-20(13)22(29-14(2)21(27)30-22)17-5-7-19(8-6-17)32-23(24,25)31/h3-4,9-12,17,19,31H,5-8,24-25H2,1-2H3,(H2,27,30). The fourth-order valence-corrected chi connectivity index (χ4v) is 5.06. The molecule has 0 bridgehead atoms. The molecule has 1 aromatic carbocycles. The highest BCUT2D eigenvalue weighted by Crippen LogP contribution is 2.47. The van der Waals surface area contributed by atoms with Crippen LogP contribution in [-0.4, -0.2) is 49.0 Å². The first-order valence-electron chi connectivity index (χ1n) is 11.1. The summed E-state index contributed by atoms with van der Waals surface area (Å²) in [5.74, 6) is 0.681. The van der Waals surface area contributed by atoms with Crippen molar-refractivity contribution in [2.75, 3.05) is 0 Å². The van der Waals surface area contributed by atoms with Crippen LogP contribution in [0.4, 0.5) is 0 Å². The largest absolute Gasteiger partial charge is 0.382 e. The maximum absolute atomic E-state index is 10.0. The van der Waals surface area contributed by atoms with E-state index in [-0.39, 0.29) is 12.0 Å². The second-order valence-electron chi connectivity index (χ2n) is 9.38. The number of rotatable bonds is 5. The summed E-state index contributed by atoms with van der Waals surface area (Å²) in [7, 11) is 3.35. The van der Waals surface area contributed by atoms with Crippen LogP contribution in [0.5, 0.6) is 0 Å². The normalized spacial score (nSPS) is 26.0. The lowest BCUT2D eigenvalue weighted by Crippen LogP contribution is -2.41. The number of aromatic nitrogens is 1. The smallest absolute Gasteiger partial charge is 0.181 e. The molecule has 6 nitrogen and oxygen atoms in total. The minimum atomic E-state index is -1.13. The van der Waals surface area contributed by atoms with Crippen molar-refractivity contribution in [3.63, 3.8) is 0 Å². The molecular weight excluding hydrogens is 421 g/mol. The first-order valence-corrected chi connectivity index (χ1v) is 11.5. The van der Waals surface area contributed by atoms with Crippen LogP contribution in [0.15, 0.2) is 46.6 Å². The minimum Gasteiger partial charge on any atom is -0.382 e. The number of hydrogen-bond acceptors (Lipinski definition) is 6. The van der Waals surface area contributed by atoms with E-state index >= 15 is 0 Å². The molecule has 4 rings (SSSR count). The lowest BCUT2D eigenvalue weighted by Gasteiger charge is -2.40. The van der Waals surface area contributed by atoms with Crippen LogP contribution in [0, 0.1) is 12.8 Å². The summed E-state index contributed by atoms with van der Waals surface area (Å²) in [4.78, 5) is 14.3. The van der Waals surface area contributed by atoms with Crippen LogP contribution in [0.25, 0.3) is 11.1 Å². The van der Waals surface area contributed by atoms with Gasteiger partial charge in [0.1, 0.15) is 5.84 Å². The van der Waals surface area contributed by atoms with Gasteiger partial charge in [0.2, 0.25) is 0 Å². The van der Waals surface area contributed by atoms with Crippen molar-refractivity contribution < 1.29 is 9.84 Å². The highest BCUT2D eigenvalue weighted by molar-refractivity contribution is 6.41. The molecule has 3 N–H and O–H groups in total. The number of nitrogens with two attached hydrogens (primary N) is 1. The van der Waals surface area contributed by atoms with Crippen LogP contribution in [0.1, 0.15) is 43.7 Å². The van der Waals surface area contributed by atoms with Crippen LogP contribution in [0.3, 0.4) is 0 Å². The molecule has 0 amide bonds. The maximum Gasteiger partial charge on any atom is 0.181 e. The van der Waals surface area contributed by atoms with Gasteiger partial charge in [0, 0.05) is 29.4 Å². The average Bonchev–Trinajstić information content (AvgIpc) is 3.03. The summed E-state index contributed by atoms with van der Waals surface area (Å²) in [6, 6.07) is 8.24. The molecule has 1 saturated carbocycles. The van der Waals surface area contributed by atoms with Crippen LogP contribution >= 0.6 is 11.6 Å².